The Morgan fingerprint density at radius 2 is 2.22 bits per heavy atom. The molecule has 1 aliphatic heterocycles. The number of ether oxygens (including phenoxy) is 1. The van der Waals surface area contributed by atoms with Crippen molar-refractivity contribution in [2.75, 3.05) is 20.2 Å². The van der Waals surface area contributed by atoms with Gasteiger partial charge >= 0.3 is 0 Å². The molecule has 0 spiro atoms. The molecule has 5 heteroatoms. The predicted molar refractivity (Wildman–Crippen MR) is 93.0 cm³/mol. The van der Waals surface area contributed by atoms with E-state index in [0.29, 0.717) is 6.54 Å². The maximum atomic E-state index is 12.8. The second-order valence-electron chi connectivity index (χ2n) is 5.98. The van der Waals surface area contributed by atoms with E-state index in [1.807, 2.05) is 43.0 Å². The van der Waals surface area contributed by atoms with E-state index >= 15 is 0 Å². The first-order valence-corrected chi connectivity index (χ1v) is 8.76. The molecule has 1 aromatic carbocycles. The summed E-state index contributed by atoms with van der Waals surface area (Å²) in [6, 6.07) is 7.88. The van der Waals surface area contributed by atoms with Gasteiger partial charge < -0.3 is 9.64 Å². The lowest BCUT2D eigenvalue weighted by molar-refractivity contribution is 0.0269. The number of thiazole rings is 1. The number of methoxy groups -OCH3 is 1. The number of hydrogen-bond donors (Lipinski definition) is 0. The van der Waals surface area contributed by atoms with E-state index in [1.165, 1.54) is 0 Å². The first-order chi connectivity index (χ1) is 11.1. The number of carbonyl (C=O) groups excluding carboxylic acids is 1. The van der Waals surface area contributed by atoms with E-state index in [4.69, 9.17) is 4.74 Å². The minimum absolute atomic E-state index is 0.0903. The zero-order valence-electron chi connectivity index (χ0n) is 13.8. The molecule has 0 N–H and O–H groups in total. The molecule has 1 aliphatic rings. The molecular formula is C18H22N2O2S. The number of likely N-dealkylation sites (tertiary alicyclic amines) is 1. The van der Waals surface area contributed by atoms with Gasteiger partial charge in [-0.3, -0.25) is 4.79 Å². The number of nitrogens with zero attached hydrogens (tertiary/aromatic N) is 2. The number of carbonyl (C=O) groups is 1. The standard InChI is InChI=1S/C18H22N2O2S/c1-12-17(23-13(2)19-12)14-6-4-7-15(10-14)18(21)20-9-5-8-16(11-20)22-3/h4,6-7,10,16H,5,8-9,11H2,1-3H3. The van der Waals surface area contributed by atoms with Gasteiger partial charge in [-0.05, 0) is 44.4 Å². The lowest BCUT2D eigenvalue weighted by Crippen LogP contribution is -2.42. The van der Waals surface area contributed by atoms with E-state index in [0.717, 1.165) is 46.1 Å². The second kappa shape index (κ2) is 6.81. The number of hydrogen-bond acceptors (Lipinski definition) is 4. The summed E-state index contributed by atoms with van der Waals surface area (Å²) in [5.74, 6) is 0.0903. The molecule has 1 amide bonds. The van der Waals surface area contributed by atoms with Crippen LogP contribution in [0.15, 0.2) is 24.3 Å². The largest absolute Gasteiger partial charge is 0.380 e. The minimum Gasteiger partial charge on any atom is -0.380 e. The molecular weight excluding hydrogens is 308 g/mol. The molecule has 1 fully saturated rings. The van der Waals surface area contributed by atoms with Crippen molar-refractivity contribution < 1.29 is 9.53 Å². The van der Waals surface area contributed by atoms with Crippen molar-refractivity contribution >= 4 is 17.2 Å². The van der Waals surface area contributed by atoms with Crippen LogP contribution in [0.2, 0.25) is 0 Å². The monoisotopic (exact) mass is 330 g/mol. The van der Waals surface area contributed by atoms with Crippen molar-refractivity contribution in [3.8, 4) is 10.4 Å². The van der Waals surface area contributed by atoms with Crippen molar-refractivity contribution in [2.24, 2.45) is 0 Å². The number of rotatable bonds is 3. The third-order valence-electron chi connectivity index (χ3n) is 4.27. The summed E-state index contributed by atoms with van der Waals surface area (Å²) in [5.41, 5.74) is 2.83. The van der Waals surface area contributed by atoms with Gasteiger partial charge in [-0.2, -0.15) is 0 Å². The molecule has 23 heavy (non-hydrogen) atoms. The second-order valence-corrected chi connectivity index (χ2v) is 7.18. The van der Waals surface area contributed by atoms with Gasteiger partial charge in [0.05, 0.1) is 21.7 Å². The highest BCUT2D eigenvalue weighted by Gasteiger charge is 2.24. The van der Waals surface area contributed by atoms with Gasteiger partial charge in [0.25, 0.3) is 5.91 Å². The average molecular weight is 330 g/mol. The Morgan fingerprint density at radius 1 is 1.39 bits per heavy atom. The van der Waals surface area contributed by atoms with E-state index in [1.54, 1.807) is 18.4 Å². The summed E-state index contributed by atoms with van der Waals surface area (Å²) in [6.45, 7) is 5.51. The van der Waals surface area contributed by atoms with Crippen LogP contribution in [0.4, 0.5) is 0 Å². The molecule has 0 bridgehead atoms. The summed E-state index contributed by atoms with van der Waals surface area (Å²) >= 11 is 1.67. The molecule has 122 valence electrons. The Morgan fingerprint density at radius 3 is 2.91 bits per heavy atom. The third-order valence-corrected chi connectivity index (χ3v) is 5.40. The van der Waals surface area contributed by atoms with Crippen LogP contribution in [0.25, 0.3) is 10.4 Å². The number of aryl methyl sites for hydroxylation is 2. The Labute approximate surface area is 141 Å². The average Bonchev–Trinajstić information content (AvgIpc) is 2.92. The Hall–Kier alpha value is -1.72. The summed E-state index contributed by atoms with van der Waals surface area (Å²) in [7, 11) is 1.72. The quantitative estimate of drug-likeness (QED) is 0.862. The number of piperidine rings is 1. The number of amides is 1. The zero-order chi connectivity index (χ0) is 16.4. The van der Waals surface area contributed by atoms with Crippen molar-refractivity contribution in [2.45, 2.75) is 32.8 Å². The fourth-order valence-corrected chi connectivity index (χ4v) is 4.01. The lowest BCUT2D eigenvalue weighted by Gasteiger charge is -2.32. The highest BCUT2D eigenvalue weighted by Crippen LogP contribution is 2.30. The summed E-state index contributed by atoms with van der Waals surface area (Å²) in [6.07, 6.45) is 2.18. The third kappa shape index (κ3) is 3.46. The van der Waals surface area contributed by atoms with Gasteiger partial charge in [-0.15, -0.1) is 11.3 Å². The fourth-order valence-electron chi connectivity index (χ4n) is 3.09. The summed E-state index contributed by atoms with van der Waals surface area (Å²) < 4.78 is 5.42. The fraction of sp³-hybridized carbons (Fsp3) is 0.444. The van der Waals surface area contributed by atoms with E-state index in [9.17, 15) is 4.79 Å². The van der Waals surface area contributed by atoms with Crippen molar-refractivity contribution in [1.29, 1.82) is 0 Å². The van der Waals surface area contributed by atoms with Crippen LogP contribution in [-0.4, -0.2) is 42.1 Å². The van der Waals surface area contributed by atoms with E-state index < -0.39 is 0 Å². The Kier molecular flexibility index (Phi) is 4.78. The molecule has 1 saturated heterocycles. The van der Waals surface area contributed by atoms with Crippen LogP contribution in [0.1, 0.15) is 33.9 Å². The lowest BCUT2D eigenvalue weighted by atomic mass is 10.0. The molecule has 0 radical (unpaired) electrons. The van der Waals surface area contributed by atoms with E-state index in [-0.39, 0.29) is 12.0 Å². The molecule has 0 aliphatic carbocycles. The van der Waals surface area contributed by atoms with Gasteiger partial charge in [-0.1, -0.05) is 12.1 Å². The van der Waals surface area contributed by atoms with Gasteiger partial charge in [0, 0.05) is 25.8 Å². The molecule has 1 atom stereocenters. The molecule has 0 saturated carbocycles. The van der Waals surface area contributed by atoms with Crippen molar-refractivity contribution in [3.63, 3.8) is 0 Å². The predicted octanol–water partition coefficient (Wildman–Crippen LogP) is 3.68. The van der Waals surface area contributed by atoms with Crippen LogP contribution >= 0.6 is 11.3 Å². The van der Waals surface area contributed by atoms with Crippen molar-refractivity contribution in [3.05, 3.63) is 40.5 Å². The molecule has 2 aromatic rings. The Bertz CT molecular complexity index is 711. The van der Waals surface area contributed by atoms with E-state index in [2.05, 4.69) is 4.98 Å². The van der Waals surface area contributed by atoms with Crippen LogP contribution < -0.4 is 0 Å². The van der Waals surface area contributed by atoms with Gasteiger partial charge in [-0.25, -0.2) is 4.98 Å². The molecule has 1 unspecified atom stereocenters. The highest BCUT2D eigenvalue weighted by molar-refractivity contribution is 7.15. The van der Waals surface area contributed by atoms with Crippen LogP contribution in [0, 0.1) is 13.8 Å². The number of benzene rings is 1. The molecule has 2 heterocycles. The smallest absolute Gasteiger partial charge is 0.253 e. The normalized spacial score (nSPS) is 18.2. The number of aromatic nitrogens is 1. The van der Waals surface area contributed by atoms with Gasteiger partial charge in [0.1, 0.15) is 0 Å². The van der Waals surface area contributed by atoms with Crippen LogP contribution in [0.5, 0.6) is 0 Å². The summed E-state index contributed by atoms with van der Waals surface area (Å²) in [4.78, 5) is 20.3. The zero-order valence-corrected chi connectivity index (χ0v) is 14.7. The van der Waals surface area contributed by atoms with Gasteiger partial charge in [0.15, 0.2) is 0 Å². The minimum atomic E-state index is 0.0903. The van der Waals surface area contributed by atoms with Crippen LogP contribution in [-0.2, 0) is 4.74 Å². The topological polar surface area (TPSA) is 42.4 Å². The molecule has 3 rings (SSSR count). The molecule has 1 aromatic heterocycles. The van der Waals surface area contributed by atoms with Crippen LogP contribution in [0.3, 0.4) is 0 Å². The first-order valence-electron chi connectivity index (χ1n) is 7.95. The highest BCUT2D eigenvalue weighted by atomic mass is 32.1. The van der Waals surface area contributed by atoms with Crippen molar-refractivity contribution in [1.82, 2.24) is 9.88 Å². The summed E-state index contributed by atoms with van der Waals surface area (Å²) in [5, 5.41) is 1.05. The van der Waals surface area contributed by atoms with Gasteiger partial charge in [0.2, 0.25) is 0 Å². The maximum absolute atomic E-state index is 12.8. The first kappa shape index (κ1) is 16.1. The Balaban J connectivity index is 1.84. The SMILES string of the molecule is COC1CCCN(C(=O)c2cccc(-c3sc(C)nc3C)c2)C1. The molecule has 4 nitrogen and oxygen atoms in total. The maximum Gasteiger partial charge on any atom is 0.253 e.